The van der Waals surface area contributed by atoms with Crippen molar-refractivity contribution in [1.82, 2.24) is 5.32 Å². The number of methoxy groups -OCH3 is 1. The molecule has 0 aromatic carbocycles. The van der Waals surface area contributed by atoms with Crippen LogP contribution >= 0.6 is 0 Å². The first-order valence-electron chi connectivity index (χ1n) is 5.58. The third kappa shape index (κ3) is 3.69. The van der Waals surface area contributed by atoms with Gasteiger partial charge in [-0.15, -0.1) is 12.3 Å². The molecule has 2 atom stereocenters. The van der Waals surface area contributed by atoms with Crippen LogP contribution in [0.5, 0.6) is 0 Å². The van der Waals surface area contributed by atoms with E-state index in [1.165, 1.54) is 25.7 Å². The molecule has 0 spiro atoms. The summed E-state index contributed by atoms with van der Waals surface area (Å²) in [4.78, 5) is 0. The van der Waals surface area contributed by atoms with Gasteiger partial charge in [-0.3, -0.25) is 0 Å². The Morgan fingerprint density at radius 3 is 2.93 bits per heavy atom. The molecule has 14 heavy (non-hydrogen) atoms. The van der Waals surface area contributed by atoms with Gasteiger partial charge in [0.1, 0.15) is 0 Å². The number of unbranched alkanes of at least 4 members (excludes halogenated alkanes) is 1. The van der Waals surface area contributed by atoms with Gasteiger partial charge in [-0.05, 0) is 25.8 Å². The van der Waals surface area contributed by atoms with E-state index in [-0.39, 0.29) is 0 Å². The molecule has 0 aromatic rings. The van der Waals surface area contributed by atoms with Crippen molar-refractivity contribution in [1.29, 1.82) is 0 Å². The van der Waals surface area contributed by atoms with Crippen LogP contribution in [0.1, 0.15) is 38.5 Å². The Hall–Kier alpha value is -0.520. The number of ether oxygens (including phenoxy) is 1. The highest BCUT2D eigenvalue weighted by Gasteiger charge is 2.23. The second-order valence-electron chi connectivity index (χ2n) is 3.93. The van der Waals surface area contributed by atoms with Gasteiger partial charge in [0.2, 0.25) is 0 Å². The first-order valence-corrected chi connectivity index (χ1v) is 5.58. The summed E-state index contributed by atoms with van der Waals surface area (Å²) in [6.07, 6.45) is 12.6. The van der Waals surface area contributed by atoms with Crippen molar-refractivity contribution in [2.24, 2.45) is 0 Å². The number of rotatable bonds is 5. The molecule has 1 aliphatic carbocycles. The van der Waals surface area contributed by atoms with Gasteiger partial charge in [0.05, 0.1) is 6.10 Å². The maximum Gasteiger partial charge on any atom is 0.0724 e. The summed E-state index contributed by atoms with van der Waals surface area (Å²) in [6.45, 7) is 1.02. The molecule has 0 amide bonds. The van der Waals surface area contributed by atoms with Crippen molar-refractivity contribution in [3.63, 3.8) is 0 Å². The fraction of sp³-hybridized carbons (Fsp3) is 0.833. The van der Waals surface area contributed by atoms with Gasteiger partial charge in [-0.25, -0.2) is 0 Å². The highest BCUT2D eigenvalue weighted by Crippen LogP contribution is 2.20. The maximum absolute atomic E-state index is 5.46. The summed E-state index contributed by atoms with van der Waals surface area (Å²) >= 11 is 0. The molecule has 1 saturated carbocycles. The molecule has 1 rings (SSSR count). The minimum atomic E-state index is 0.412. The lowest BCUT2D eigenvalue weighted by atomic mass is 9.92. The molecular formula is C12H21NO. The lowest BCUT2D eigenvalue weighted by molar-refractivity contribution is 0.0419. The van der Waals surface area contributed by atoms with Crippen LogP contribution in [0, 0.1) is 12.3 Å². The van der Waals surface area contributed by atoms with Gasteiger partial charge in [0.15, 0.2) is 0 Å². The molecular weight excluding hydrogens is 174 g/mol. The van der Waals surface area contributed by atoms with E-state index in [2.05, 4.69) is 11.2 Å². The van der Waals surface area contributed by atoms with E-state index in [4.69, 9.17) is 11.2 Å². The van der Waals surface area contributed by atoms with Gasteiger partial charge in [0.25, 0.3) is 0 Å². The number of hydrogen-bond donors (Lipinski definition) is 1. The van der Waals surface area contributed by atoms with E-state index < -0.39 is 0 Å². The van der Waals surface area contributed by atoms with E-state index in [1.54, 1.807) is 0 Å². The smallest absolute Gasteiger partial charge is 0.0724 e. The summed E-state index contributed by atoms with van der Waals surface area (Å²) in [5.41, 5.74) is 0. The monoisotopic (exact) mass is 195 g/mol. The van der Waals surface area contributed by atoms with E-state index >= 15 is 0 Å². The molecule has 1 N–H and O–H groups in total. The maximum atomic E-state index is 5.46. The Labute approximate surface area is 87.4 Å². The van der Waals surface area contributed by atoms with Gasteiger partial charge >= 0.3 is 0 Å². The van der Waals surface area contributed by atoms with Crippen LogP contribution in [-0.4, -0.2) is 25.8 Å². The highest BCUT2D eigenvalue weighted by atomic mass is 16.5. The van der Waals surface area contributed by atoms with Gasteiger partial charge in [0, 0.05) is 19.6 Å². The Balaban J connectivity index is 2.17. The van der Waals surface area contributed by atoms with Crippen LogP contribution in [0.4, 0.5) is 0 Å². The summed E-state index contributed by atoms with van der Waals surface area (Å²) in [5.74, 6) is 2.66. The predicted molar refractivity (Wildman–Crippen MR) is 59.1 cm³/mol. The van der Waals surface area contributed by atoms with Crippen molar-refractivity contribution in [3.8, 4) is 12.3 Å². The Morgan fingerprint density at radius 2 is 2.21 bits per heavy atom. The third-order valence-corrected chi connectivity index (χ3v) is 2.91. The molecule has 1 aliphatic rings. The lowest BCUT2D eigenvalue weighted by Crippen LogP contribution is -2.43. The van der Waals surface area contributed by atoms with Gasteiger partial charge < -0.3 is 10.1 Å². The first-order chi connectivity index (χ1) is 6.88. The van der Waals surface area contributed by atoms with Crippen molar-refractivity contribution >= 4 is 0 Å². The molecule has 80 valence electrons. The average molecular weight is 195 g/mol. The highest BCUT2D eigenvalue weighted by molar-refractivity contribution is 4.85. The molecule has 0 saturated heterocycles. The first kappa shape index (κ1) is 11.6. The number of hydrogen-bond acceptors (Lipinski definition) is 2. The lowest BCUT2D eigenvalue weighted by Gasteiger charge is -2.31. The Bertz CT molecular complexity index is 185. The fourth-order valence-corrected chi connectivity index (χ4v) is 2.09. The fourth-order valence-electron chi connectivity index (χ4n) is 2.09. The standard InChI is InChI=1S/C12H21NO/c1-3-4-7-10-13-11-8-5-6-9-12(11)14-2/h1,11-13H,4-10H2,2H3. The summed E-state index contributed by atoms with van der Waals surface area (Å²) in [5, 5.41) is 3.54. The van der Waals surface area contributed by atoms with E-state index in [0.717, 1.165) is 19.4 Å². The molecule has 1 fully saturated rings. The molecule has 0 aromatic heterocycles. The summed E-state index contributed by atoms with van der Waals surface area (Å²) < 4.78 is 5.46. The van der Waals surface area contributed by atoms with Crippen molar-refractivity contribution in [2.45, 2.75) is 50.7 Å². The van der Waals surface area contributed by atoms with Crippen molar-refractivity contribution < 1.29 is 4.74 Å². The zero-order valence-electron chi connectivity index (χ0n) is 9.09. The molecule has 2 unspecified atom stereocenters. The SMILES string of the molecule is C#CCCCNC1CCCCC1OC. The summed E-state index contributed by atoms with van der Waals surface area (Å²) in [7, 11) is 1.81. The average Bonchev–Trinajstić information content (AvgIpc) is 2.25. The van der Waals surface area contributed by atoms with Crippen LogP contribution in [0.3, 0.4) is 0 Å². The predicted octanol–water partition coefficient (Wildman–Crippen LogP) is 1.95. The van der Waals surface area contributed by atoms with E-state index in [9.17, 15) is 0 Å². The van der Waals surface area contributed by atoms with E-state index in [1.807, 2.05) is 7.11 Å². The zero-order chi connectivity index (χ0) is 10.2. The minimum absolute atomic E-state index is 0.412. The number of terminal acetylenes is 1. The molecule has 0 bridgehead atoms. The second-order valence-corrected chi connectivity index (χ2v) is 3.93. The molecule has 2 heteroatoms. The topological polar surface area (TPSA) is 21.3 Å². The van der Waals surface area contributed by atoms with Crippen LogP contribution in [-0.2, 0) is 4.74 Å². The molecule has 2 nitrogen and oxygen atoms in total. The largest absolute Gasteiger partial charge is 0.380 e. The summed E-state index contributed by atoms with van der Waals surface area (Å²) in [6, 6.07) is 0.548. The Kier molecular flexibility index (Phi) is 5.66. The van der Waals surface area contributed by atoms with Crippen LogP contribution < -0.4 is 5.32 Å². The van der Waals surface area contributed by atoms with Crippen LogP contribution in [0.25, 0.3) is 0 Å². The van der Waals surface area contributed by atoms with Gasteiger partial charge in [-0.2, -0.15) is 0 Å². The van der Waals surface area contributed by atoms with E-state index in [0.29, 0.717) is 12.1 Å². The third-order valence-electron chi connectivity index (χ3n) is 2.91. The van der Waals surface area contributed by atoms with Gasteiger partial charge in [-0.1, -0.05) is 12.8 Å². The second kappa shape index (κ2) is 6.86. The quantitative estimate of drug-likeness (QED) is 0.535. The zero-order valence-corrected chi connectivity index (χ0v) is 9.09. The Morgan fingerprint density at radius 1 is 1.43 bits per heavy atom. The van der Waals surface area contributed by atoms with Crippen molar-refractivity contribution in [3.05, 3.63) is 0 Å². The molecule has 0 radical (unpaired) electrons. The normalized spacial score (nSPS) is 27.1. The van der Waals surface area contributed by atoms with Crippen LogP contribution in [0.15, 0.2) is 0 Å². The molecule has 0 heterocycles. The molecule has 0 aliphatic heterocycles. The van der Waals surface area contributed by atoms with Crippen LogP contribution in [0.2, 0.25) is 0 Å². The number of nitrogens with one attached hydrogen (secondary N) is 1. The minimum Gasteiger partial charge on any atom is -0.380 e. The van der Waals surface area contributed by atoms with Crippen molar-refractivity contribution in [2.75, 3.05) is 13.7 Å².